The molecule has 5 rings (SSSR count). The Morgan fingerprint density at radius 1 is 0.867 bits per heavy atom. The minimum absolute atomic E-state index is 0.134. The Kier molecular flexibility index (Phi) is 9.32. The maximum Gasteiger partial charge on any atom is 0.328 e. The van der Waals surface area contributed by atoms with Gasteiger partial charge in [-0.1, -0.05) is 77.8 Å². The van der Waals surface area contributed by atoms with Crippen molar-refractivity contribution in [1.82, 2.24) is 0 Å². The molecule has 1 atom stereocenters. The predicted molar refractivity (Wildman–Crippen MR) is 170 cm³/mol. The van der Waals surface area contributed by atoms with Gasteiger partial charge in [0.25, 0.3) is 11.7 Å². The number of aliphatic carboxylic acids is 1. The number of carbonyl (C=O) groups is 4. The number of carbonyl (C=O) groups excluding carboxylic acids is 3. The molecule has 0 aliphatic carbocycles. The molecule has 226 valence electrons. The molecule has 0 bridgehead atoms. The van der Waals surface area contributed by atoms with Gasteiger partial charge in [-0.25, -0.2) is 4.79 Å². The summed E-state index contributed by atoms with van der Waals surface area (Å²) in [4.78, 5) is 51.2. The molecule has 1 aliphatic rings. The Morgan fingerprint density at radius 3 is 2.29 bits per heavy atom. The average Bonchev–Trinajstić information content (AvgIpc) is 3.29. The Hall–Kier alpha value is -5.38. The third-order valence-electron chi connectivity index (χ3n) is 6.84. The van der Waals surface area contributed by atoms with Crippen LogP contribution in [0.25, 0.3) is 5.76 Å². The number of nitrogens with zero attached hydrogens (tertiary/aromatic N) is 1. The maximum absolute atomic E-state index is 13.6. The highest BCUT2D eigenvalue weighted by Crippen LogP contribution is 2.44. The third-order valence-corrected chi connectivity index (χ3v) is 7.39. The van der Waals surface area contributed by atoms with Gasteiger partial charge in [0.2, 0.25) is 5.91 Å². The van der Waals surface area contributed by atoms with Crippen LogP contribution < -0.4 is 15.0 Å². The SMILES string of the molecule is O=C(O)/C=C/C(=O)Nc1cccc(C(O)=C2C(=O)C(=O)N(c3ccc(OCc4ccccc4)c(Cl)c3)C2c2ccc(Cl)cc2)c1. The largest absolute Gasteiger partial charge is 0.507 e. The third kappa shape index (κ3) is 7.06. The van der Waals surface area contributed by atoms with Crippen molar-refractivity contribution in [2.75, 3.05) is 10.2 Å². The van der Waals surface area contributed by atoms with Gasteiger partial charge in [0.15, 0.2) is 0 Å². The first kappa shape index (κ1) is 31.1. The number of ketones is 1. The summed E-state index contributed by atoms with van der Waals surface area (Å²) in [6.07, 6.45) is 1.52. The zero-order chi connectivity index (χ0) is 32.1. The molecule has 4 aromatic carbocycles. The van der Waals surface area contributed by atoms with E-state index in [1.165, 1.54) is 35.2 Å². The molecule has 0 radical (unpaired) electrons. The average molecular weight is 643 g/mol. The van der Waals surface area contributed by atoms with Crippen LogP contribution in [0.1, 0.15) is 22.7 Å². The van der Waals surface area contributed by atoms with Crippen molar-refractivity contribution in [3.05, 3.63) is 142 Å². The second-order valence-corrected chi connectivity index (χ2v) is 10.7. The fourth-order valence-corrected chi connectivity index (χ4v) is 5.14. The first-order chi connectivity index (χ1) is 21.6. The lowest BCUT2D eigenvalue weighted by atomic mass is 9.95. The highest BCUT2D eigenvalue weighted by atomic mass is 35.5. The molecule has 1 aliphatic heterocycles. The molecule has 1 unspecified atom stereocenters. The number of hydrogen-bond acceptors (Lipinski definition) is 6. The van der Waals surface area contributed by atoms with E-state index < -0.39 is 35.4 Å². The Bertz CT molecular complexity index is 1850. The van der Waals surface area contributed by atoms with E-state index in [1.807, 2.05) is 30.3 Å². The van der Waals surface area contributed by atoms with Gasteiger partial charge in [-0.15, -0.1) is 0 Å². The summed E-state index contributed by atoms with van der Waals surface area (Å²) in [5, 5.41) is 23.4. The highest BCUT2D eigenvalue weighted by Gasteiger charge is 2.47. The number of Topliss-reactive ketones (excluding diaryl/α,β-unsaturated/α-hetero) is 1. The summed E-state index contributed by atoms with van der Waals surface area (Å²) < 4.78 is 5.87. The monoisotopic (exact) mass is 642 g/mol. The van der Waals surface area contributed by atoms with Gasteiger partial charge < -0.3 is 20.3 Å². The molecular weight excluding hydrogens is 619 g/mol. The topological polar surface area (TPSA) is 133 Å². The van der Waals surface area contributed by atoms with Gasteiger partial charge in [-0.2, -0.15) is 0 Å². The van der Waals surface area contributed by atoms with Crippen molar-refractivity contribution in [3.8, 4) is 5.75 Å². The van der Waals surface area contributed by atoms with E-state index in [1.54, 1.807) is 36.4 Å². The fraction of sp³-hybridized carbons (Fsp3) is 0.0588. The zero-order valence-electron chi connectivity index (χ0n) is 23.3. The van der Waals surface area contributed by atoms with Crippen molar-refractivity contribution in [2.24, 2.45) is 0 Å². The van der Waals surface area contributed by atoms with E-state index in [0.717, 1.165) is 11.6 Å². The van der Waals surface area contributed by atoms with Gasteiger partial charge >= 0.3 is 5.97 Å². The number of aliphatic hydroxyl groups is 1. The van der Waals surface area contributed by atoms with Crippen molar-refractivity contribution in [2.45, 2.75) is 12.6 Å². The second-order valence-electron chi connectivity index (χ2n) is 9.85. The van der Waals surface area contributed by atoms with Crippen LogP contribution in [0.2, 0.25) is 10.0 Å². The summed E-state index contributed by atoms with van der Waals surface area (Å²) in [6.45, 7) is 0.268. The number of anilines is 2. The van der Waals surface area contributed by atoms with E-state index in [-0.39, 0.29) is 28.5 Å². The number of benzene rings is 4. The first-order valence-corrected chi connectivity index (χ1v) is 14.2. The first-order valence-electron chi connectivity index (χ1n) is 13.5. The maximum atomic E-state index is 13.6. The Labute approximate surface area is 267 Å². The number of hydrogen-bond donors (Lipinski definition) is 3. The number of nitrogens with one attached hydrogen (secondary N) is 1. The van der Waals surface area contributed by atoms with E-state index in [9.17, 15) is 24.3 Å². The van der Waals surface area contributed by atoms with E-state index >= 15 is 0 Å². The van der Waals surface area contributed by atoms with Crippen molar-refractivity contribution in [1.29, 1.82) is 0 Å². The molecule has 3 N–H and O–H groups in total. The molecule has 4 aromatic rings. The molecular formula is C34H24Cl2N2O7. The standard InChI is InChI=1S/C34H24Cl2N2O7/c35-23-11-9-21(10-12-23)31-30(32(42)22-7-4-8-24(17-22)37-28(39)15-16-29(40)41)33(43)34(44)38(31)25-13-14-27(26(36)18-25)45-19-20-5-2-1-3-6-20/h1-18,31,42H,19H2,(H,37,39)(H,40,41)/b16-15+,32-30?. The van der Waals surface area contributed by atoms with E-state index in [0.29, 0.717) is 28.1 Å². The van der Waals surface area contributed by atoms with E-state index in [2.05, 4.69) is 5.32 Å². The smallest absolute Gasteiger partial charge is 0.328 e. The van der Waals surface area contributed by atoms with Crippen LogP contribution in [0.5, 0.6) is 5.75 Å². The molecule has 9 nitrogen and oxygen atoms in total. The van der Waals surface area contributed by atoms with Crippen LogP contribution in [-0.2, 0) is 25.8 Å². The molecule has 0 spiro atoms. The van der Waals surface area contributed by atoms with Crippen LogP contribution in [-0.4, -0.2) is 33.8 Å². The van der Waals surface area contributed by atoms with Gasteiger partial charge in [0.05, 0.1) is 16.6 Å². The molecule has 11 heteroatoms. The minimum atomic E-state index is -1.29. The summed E-state index contributed by atoms with van der Waals surface area (Å²) in [5.74, 6) is -3.95. The Morgan fingerprint density at radius 2 is 1.60 bits per heavy atom. The molecule has 0 aromatic heterocycles. The van der Waals surface area contributed by atoms with Crippen LogP contribution in [0.15, 0.2) is 115 Å². The number of carboxylic acids is 1. The number of aliphatic hydroxyl groups excluding tert-OH is 1. The molecule has 45 heavy (non-hydrogen) atoms. The van der Waals surface area contributed by atoms with Gasteiger partial charge in [-0.3, -0.25) is 19.3 Å². The molecule has 2 amide bonds. The van der Waals surface area contributed by atoms with Crippen LogP contribution in [0, 0.1) is 0 Å². The fourth-order valence-electron chi connectivity index (χ4n) is 4.78. The van der Waals surface area contributed by atoms with Crippen LogP contribution >= 0.6 is 23.2 Å². The summed E-state index contributed by atoms with van der Waals surface area (Å²) in [7, 11) is 0. The van der Waals surface area contributed by atoms with Crippen LogP contribution in [0.4, 0.5) is 11.4 Å². The number of rotatable bonds is 9. The predicted octanol–water partition coefficient (Wildman–Crippen LogP) is 6.78. The minimum Gasteiger partial charge on any atom is -0.507 e. The van der Waals surface area contributed by atoms with Gasteiger partial charge in [-0.05, 0) is 53.6 Å². The lowest BCUT2D eigenvalue weighted by Crippen LogP contribution is -2.29. The number of ether oxygens (including phenoxy) is 1. The Balaban J connectivity index is 1.52. The van der Waals surface area contributed by atoms with E-state index in [4.69, 9.17) is 33.0 Å². The van der Waals surface area contributed by atoms with Crippen molar-refractivity contribution in [3.63, 3.8) is 0 Å². The van der Waals surface area contributed by atoms with Gasteiger partial charge in [0.1, 0.15) is 18.1 Å². The number of halogens is 2. The quantitative estimate of drug-likeness (QED) is 0.104. The van der Waals surface area contributed by atoms with Gasteiger partial charge in [0, 0.05) is 34.1 Å². The summed E-state index contributed by atoms with van der Waals surface area (Å²) in [6, 6.07) is 25.6. The van der Waals surface area contributed by atoms with Crippen molar-refractivity contribution < 1.29 is 34.1 Å². The molecule has 1 saturated heterocycles. The zero-order valence-corrected chi connectivity index (χ0v) is 24.8. The van der Waals surface area contributed by atoms with Crippen LogP contribution in [0.3, 0.4) is 0 Å². The molecule has 0 saturated carbocycles. The second kappa shape index (κ2) is 13.5. The molecule has 1 fully saturated rings. The lowest BCUT2D eigenvalue weighted by molar-refractivity contribution is -0.132. The summed E-state index contributed by atoms with van der Waals surface area (Å²) in [5.41, 5.74) is 1.87. The number of carboxylic acid groups (broad SMARTS) is 1. The summed E-state index contributed by atoms with van der Waals surface area (Å²) >= 11 is 12.7. The lowest BCUT2D eigenvalue weighted by Gasteiger charge is -2.26. The molecule has 1 heterocycles. The normalized spacial score (nSPS) is 15.8. The van der Waals surface area contributed by atoms with Crippen molar-refractivity contribution >= 4 is 63.9 Å². The number of amides is 2. The highest BCUT2D eigenvalue weighted by molar-refractivity contribution is 6.52.